The first-order valence-electron chi connectivity index (χ1n) is 9.12. The summed E-state index contributed by atoms with van der Waals surface area (Å²) in [5.41, 5.74) is 2.33. The molecular formula is C20H22N4O3. The maximum atomic E-state index is 11.9. The number of ether oxygens (including phenoxy) is 2. The third-order valence-electron chi connectivity index (χ3n) is 4.44. The van der Waals surface area contributed by atoms with Crippen molar-refractivity contribution in [1.29, 1.82) is 0 Å². The molecule has 7 heteroatoms. The molecule has 2 aromatic carbocycles. The Bertz CT molecular complexity index is 875. The predicted molar refractivity (Wildman–Crippen MR) is 104 cm³/mol. The largest absolute Gasteiger partial charge is 0.454 e. The summed E-state index contributed by atoms with van der Waals surface area (Å²) >= 11 is 0. The van der Waals surface area contributed by atoms with Crippen LogP contribution in [-0.2, 0) is 4.74 Å². The molecule has 0 bridgehead atoms. The van der Waals surface area contributed by atoms with E-state index in [0.717, 1.165) is 30.2 Å². The molecule has 2 heterocycles. The van der Waals surface area contributed by atoms with E-state index in [4.69, 9.17) is 14.5 Å². The number of hydrogen-bond donors (Lipinski definition) is 2. The highest BCUT2D eigenvalue weighted by Gasteiger charge is 2.24. The summed E-state index contributed by atoms with van der Waals surface area (Å²) in [6, 6.07) is 13.1. The van der Waals surface area contributed by atoms with Gasteiger partial charge in [0.2, 0.25) is 0 Å². The zero-order valence-electron chi connectivity index (χ0n) is 15.2. The monoisotopic (exact) mass is 366 g/mol. The molecule has 0 unspecified atom stereocenters. The summed E-state index contributed by atoms with van der Waals surface area (Å²) in [4.78, 5) is 19.0. The van der Waals surface area contributed by atoms with E-state index in [2.05, 4.69) is 15.5 Å². The summed E-state index contributed by atoms with van der Waals surface area (Å²) in [7, 11) is 0. The van der Waals surface area contributed by atoms with E-state index in [9.17, 15) is 4.79 Å². The maximum Gasteiger partial charge on any atom is 0.319 e. The Morgan fingerprint density at radius 1 is 1.15 bits per heavy atom. The molecule has 4 rings (SSSR count). The molecule has 140 valence electrons. The zero-order chi connectivity index (χ0) is 18.6. The number of nitrogens with zero attached hydrogens (tertiary/aromatic N) is 2. The van der Waals surface area contributed by atoms with Crippen molar-refractivity contribution in [2.24, 2.45) is 4.99 Å². The second-order valence-corrected chi connectivity index (χ2v) is 6.30. The highest BCUT2D eigenvalue weighted by atomic mass is 16.5. The van der Waals surface area contributed by atoms with Gasteiger partial charge in [-0.15, -0.1) is 0 Å². The van der Waals surface area contributed by atoms with Gasteiger partial charge in [0.05, 0.1) is 18.8 Å². The zero-order valence-corrected chi connectivity index (χ0v) is 15.2. The van der Waals surface area contributed by atoms with E-state index in [1.165, 1.54) is 0 Å². The summed E-state index contributed by atoms with van der Waals surface area (Å²) in [5.74, 6) is 2.26. The van der Waals surface area contributed by atoms with Crippen LogP contribution in [0, 0.1) is 0 Å². The first kappa shape index (κ1) is 17.4. The van der Waals surface area contributed by atoms with Crippen molar-refractivity contribution >= 4 is 23.2 Å². The molecule has 1 fully saturated rings. The second kappa shape index (κ2) is 7.67. The van der Waals surface area contributed by atoms with Crippen molar-refractivity contribution in [2.45, 2.75) is 6.92 Å². The summed E-state index contributed by atoms with van der Waals surface area (Å²) < 4.78 is 11.6. The number of nitrogens with one attached hydrogen (secondary N) is 2. The van der Waals surface area contributed by atoms with Crippen LogP contribution in [0.3, 0.4) is 0 Å². The summed E-state index contributed by atoms with van der Waals surface area (Å²) in [6.07, 6.45) is 0. The molecule has 2 aliphatic rings. The minimum Gasteiger partial charge on any atom is -0.454 e. The fourth-order valence-electron chi connectivity index (χ4n) is 3.15. The SMILES string of the molecule is CCNC(=O)Nc1ccc2c(c1)C(N1CCOCC1)=Nc1ccccc1O2. The second-order valence-electron chi connectivity index (χ2n) is 6.30. The third-order valence-corrected chi connectivity index (χ3v) is 4.44. The van der Waals surface area contributed by atoms with Gasteiger partial charge in [0.1, 0.15) is 17.3 Å². The number of morpholine rings is 1. The molecule has 0 aliphatic carbocycles. The molecule has 2 amide bonds. The lowest BCUT2D eigenvalue weighted by Gasteiger charge is -2.30. The number of anilines is 1. The van der Waals surface area contributed by atoms with Crippen LogP contribution in [0.1, 0.15) is 12.5 Å². The number of aliphatic imine (C=N–C) groups is 1. The van der Waals surface area contributed by atoms with Gasteiger partial charge in [-0.1, -0.05) is 12.1 Å². The number of carbonyl (C=O) groups excluding carboxylic acids is 1. The molecule has 0 radical (unpaired) electrons. The molecule has 0 atom stereocenters. The van der Waals surface area contributed by atoms with Crippen LogP contribution >= 0.6 is 0 Å². The van der Waals surface area contributed by atoms with Crippen molar-refractivity contribution in [3.8, 4) is 11.5 Å². The molecule has 2 N–H and O–H groups in total. The number of benzene rings is 2. The van der Waals surface area contributed by atoms with Gasteiger partial charge in [-0.25, -0.2) is 9.79 Å². The minimum absolute atomic E-state index is 0.236. The van der Waals surface area contributed by atoms with Gasteiger partial charge in [0.15, 0.2) is 5.75 Å². The van der Waals surface area contributed by atoms with Crippen molar-refractivity contribution in [3.05, 3.63) is 48.0 Å². The molecular weight excluding hydrogens is 344 g/mol. The van der Waals surface area contributed by atoms with Crippen molar-refractivity contribution in [2.75, 3.05) is 38.2 Å². The van der Waals surface area contributed by atoms with Crippen LogP contribution < -0.4 is 15.4 Å². The van der Waals surface area contributed by atoms with E-state index in [1.807, 2.05) is 49.4 Å². The molecule has 0 aromatic heterocycles. The van der Waals surface area contributed by atoms with E-state index < -0.39 is 0 Å². The quantitative estimate of drug-likeness (QED) is 0.855. The number of carbonyl (C=O) groups is 1. The lowest BCUT2D eigenvalue weighted by Crippen LogP contribution is -2.41. The van der Waals surface area contributed by atoms with Crippen molar-refractivity contribution in [1.82, 2.24) is 10.2 Å². The number of fused-ring (bicyclic) bond motifs is 2. The van der Waals surface area contributed by atoms with Gasteiger partial charge in [-0.05, 0) is 37.3 Å². The Hall–Kier alpha value is -3.06. The van der Waals surface area contributed by atoms with Gasteiger partial charge in [-0.3, -0.25) is 0 Å². The number of urea groups is 1. The number of amides is 2. The molecule has 0 spiro atoms. The van der Waals surface area contributed by atoms with Crippen LogP contribution in [0.2, 0.25) is 0 Å². The average Bonchev–Trinajstić information content (AvgIpc) is 2.85. The maximum absolute atomic E-state index is 11.9. The number of para-hydroxylation sites is 2. The number of amidine groups is 1. The molecule has 7 nitrogen and oxygen atoms in total. The lowest BCUT2D eigenvalue weighted by atomic mass is 10.1. The van der Waals surface area contributed by atoms with Crippen LogP contribution in [0.5, 0.6) is 11.5 Å². The Labute approximate surface area is 158 Å². The number of rotatable bonds is 2. The van der Waals surface area contributed by atoms with Crippen LogP contribution in [-0.4, -0.2) is 49.6 Å². The first-order chi connectivity index (χ1) is 13.2. The average molecular weight is 366 g/mol. The predicted octanol–water partition coefficient (Wildman–Crippen LogP) is 3.34. The molecule has 2 aromatic rings. The first-order valence-corrected chi connectivity index (χ1v) is 9.12. The van der Waals surface area contributed by atoms with E-state index >= 15 is 0 Å². The van der Waals surface area contributed by atoms with Gasteiger partial charge in [0, 0.05) is 25.3 Å². The smallest absolute Gasteiger partial charge is 0.319 e. The van der Waals surface area contributed by atoms with Gasteiger partial charge in [0.25, 0.3) is 0 Å². The fraction of sp³-hybridized carbons (Fsp3) is 0.300. The molecule has 0 saturated carbocycles. The lowest BCUT2D eigenvalue weighted by molar-refractivity contribution is 0.0683. The van der Waals surface area contributed by atoms with Crippen LogP contribution in [0.15, 0.2) is 47.5 Å². The molecule has 1 saturated heterocycles. The third kappa shape index (κ3) is 3.73. The Kier molecular flexibility index (Phi) is 4.93. The topological polar surface area (TPSA) is 75.2 Å². The standard InChI is InChI=1S/C20H22N4O3/c1-2-21-20(25)22-14-7-8-17-15(13-14)19(24-9-11-26-12-10-24)23-16-5-3-4-6-18(16)27-17/h3-8,13H,2,9-12H2,1H3,(H2,21,22,25). The van der Waals surface area contributed by atoms with Crippen molar-refractivity contribution in [3.63, 3.8) is 0 Å². The van der Waals surface area contributed by atoms with Crippen molar-refractivity contribution < 1.29 is 14.3 Å². The highest BCUT2D eigenvalue weighted by molar-refractivity contribution is 6.05. The van der Waals surface area contributed by atoms with E-state index in [-0.39, 0.29) is 6.03 Å². The minimum atomic E-state index is -0.236. The van der Waals surface area contributed by atoms with Crippen LogP contribution in [0.25, 0.3) is 0 Å². The van der Waals surface area contributed by atoms with Gasteiger partial charge in [-0.2, -0.15) is 0 Å². The Morgan fingerprint density at radius 3 is 2.78 bits per heavy atom. The highest BCUT2D eigenvalue weighted by Crippen LogP contribution is 2.39. The van der Waals surface area contributed by atoms with Gasteiger partial charge < -0.3 is 25.0 Å². The number of hydrogen-bond acceptors (Lipinski definition) is 5. The normalized spacial score (nSPS) is 15.6. The molecule has 27 heavy (non-hydrogen) atoms. The van der Waals surface area contributed by atoms with E-state index in [1.54, 1.807) is 0 Å². The Morgan fingerprint density at radius 2 is 1.96 bits per heavy atom. The molecule has 2 aliphatic heterocycles. The summed E-state index contributed by atoms with van der Waals surface area (Å²) in [6.45, 7) is 5.28. The van der Waals surface area contributed by atoms with Crippen LogP contribution in [0.4, 0.5) is 16.2 Å². The summed E-state index contributed by atoms with van der Waals surface area (Å²) in [5, 5.41) is 5.59. The van der Waals surface area contributed by atoms with Gasteiger partial charge >= 0.3 is 6.03 Å². The fourth-order valence-corrected chi connectivity index (χ4v) is 3.15. The Balaban J connectivity index is 1.76. The van der Waals surface area contributed by atoms with E-state index in [0.29, 0.717) is 36.9 Å².